The molecule has 1 aliphatic carbocycles. The number of nitrogens with zero attached hydrogens (tertiary/aromatic N) is 3. The van der Waals surface area contributed by atoms with Gasteiger partial charge in [-0.15, -0.1) is 0 Å². The molecule has 3 nitrogen and oxygen atoms in total. The molecular weight excluding hydrogens is 791 g/mol. The minimum absolute atomic E-state index is 0.119. The highest BCUT2D eigenvalue weighted by Crippen LogP contribution is 2.52. The third kappa shape index (κ3) is 5.33. The molecule has 302 valence electrons. The molecule has 0 radical (unpaired) electrons. The summed E-state index contributed by atoms with van der Waals surface area (Å²) in [6, 6.07) is 84.0. The summed E-state index contributed by atoms with van der Waals surface area (Å²) in [4.78, 5) is 2.63. The molecule has 0 saturated heterocycles. The van der Waals surface area contributed by atoms with Crippen molar-refractivity contribution in [1.29, 1.82) is 0 Å². The molecule has 0 saturated carbocycles. The van der Waals surface area contributed by atoms with Crippen molar-refractivity contribution >= 4 is 83.8 Å². The van der Waals surface area contributed by atoms with E-state index in [0.29, 0.717) is 0 Å². The molecule has 13 rings (SSSR count). The Balaban J connectivity index is 1.07. The summed E-state index contributed by atoms with van der Waals surface area (Å²) in [5, 5.41) is 10.5. The molecule has 0 amide bonds. The monoisotopic (exact) mass is 833 g/mol. The van der Waals surface area contributed by atoms with Gasteiger partial charge in [0.05, 0.1) is 28.1 Å². The van der Waals surface area contributed by atoms with Crippen LogP contribution in [0.5, 0.6) is 0 Å². The first-order chi connectivity index (χ1) is 31.8. The van der Waals surface area contributed by atoms with Crippen LogP contribution in [0.4, 0.5) is 11.4 Å². The van der Waals surface area contributed by atoms with Gasteiger partial charge in [-0.2, -0.15) is 0 Å². The van der Waals surface area contributed by atoms with Gasteiger partial charge in [-0.1, -0.05) is 188 Å². The summed E-state index contributed by atoms with van der Waals surface area (Å²) in [7, 11) is -2.98. The second-order valence-electron chi connectivity index (χ2n) is 17.2. The van der Waals surface area contributed by atoms with Crippen molar-refractivity contribution in [2.45, 2.75) is 12.0 Å². The zero-order chi connectivity index (χ0) is 42.2. The number of rotatable bonds is 7. The summed E-state index contributed by atoms with van der Waals surface area (Å²) in [5.74, 6) is 0.175. The van der Waals surface area contributed by atoms with Crippen LogP contribution in [0.3, 0.4) is 0 Å². The normalized spacial score (nSPS) is 15.7. The summed E-state index contributed by atoms with van der Waals surface area (Å²) >= 11 is 0. The van der Waals surface area contributed by atoms with Crippen molar-refractivity contribution in [3.8, 4) is 11.4 Å². The summed E-state index contributed by atoms with van der Waals surface area (Å²) in [6.07, 6.45) is 9.32. The molecule has 2 unspecified atom stereocenters. The van der Waals surface area contributed by atoms with E-state index in [9.17, 15) is 0 Å². The van der Waals surface area contributed by atoms with Crippen molar-refractivity contribution in [3.05, 3.63) is 254 Å². The van der Waals surface area contributed by atoms with Crippen LogP contribution < -0.4 is 25.6 Å². The lowest BCUT2D eigenvalue weighted by atomic mass is 9.90. The molecule has 3 heterocycles. The number of hydrogen-bond acceptors (Lipinski definition) is 1. The first kappa shape index (κ1) is 36.7. The fourth-order valence-corrected chi connectivity index (χ4v) is 16.2. The molecule has 2 atom stereocenters. The van der Waals surface area contributed by atoms with E-state index in [-0.39, 0.29) is 12.0 Å². The van der Waals surface area contributed by atoms with Gasteiger partial charge < -0.3 is 14.0 Å². The zero-order valence-electron chi connectivity index (χ0n) is 35.2. The van der Waals surface area contributed by atoms with Gasteiger partial charge in [-0.05, 0) is 81.4 Å². The number of para-hydroxylation sites is 4. The Morgan fingerprint density at radius 2 is 0.859 bits per heavy atom. The van der Waals surface area contributed by atoms with Crippen LogP contribution in [0.25, 0.3) is 55.0 Å². The Hall–Kier alpha value is -7.92. The molecule has 0 spiro atoms. The van der Waals surface area contributed by atoms with Crippen molar-refractivity contribution in [3.63, 3.8) is 0 Å². The van der Waals surface area contributed by atoms with E-state index in [1.54, 1.807) is 0 Å². The van der Waals surface area contributed by atoms with Crippen LogP contribution in [0.15, 0.2) is 249 Å². The average molecular weight is 834 g/mol. The minimum Gasteiger partial charge on any atom is -0.333 e. The number of fused-ring (bicyclic) bond motifs is 10. The standard InChI is InChI=1S/C60H43N3Si/c1-5-20-42(21-6-1)61-54-33-16-14-31-50(54)53-41-48(36-38-57(53)61)64(45-25-9-3-10-26-45,46-27-11-4-12-28-46)47-29-19-24-44(40-47)62-56-35-18-15-32-52(56)59-58(62)39-37-51-49-30-13-17-34-55(49)63(60(51)59)43-22-7-2-8-23-43/h1-41,52,56H. The molecule has 11 aromatic rings. The Morgan fingerprint density at radius 3 is 1.55 bits per heavy atom. The minimum atomic E-state index is -2.98. The Bertz CT molecular complexity index is 3580. The van der Waals surface area contributed by atoms with Gasteiger partial charge in [0.15, 0.2) is 8.07 Å². The van der Waals surface area contributed by atoms with Crippen LogP contribution in [0.2, 0.25) is 0 Å². The number of hydrogen-bond donors (Lipinski definition) is 0. The van der Waals surface area contributed by atoms with Crippen LogP contribution in [0, 0.1) is 0 Å². The molecule has 1 aliphatic heterocycles. The third-order valence-electron chi connectivity index (χ3n) is 14.0. The first-order valence-electron chi connectivity index (χ1n) is 22.4. The maximum Gasteiger partial charge on any atom is 0.179 e. The molecule has 0 fully saturated rings. The van der Waals surface area contributed by atoms with Gasteiger partial charge in [0.2, 0.25) is 0 Å². The summed E-state index contributed by atoms with van der Waals surface area (Å²) in [6.45, 7) is 0. The molecule has 0 N–H and O–H groups in total. The van der Waals surface area contributed by atoms with Crippen molar-refractivity contribution in [2.75, 3.05) is 4.90 Å². The van der Waals surface area contributed by atoms with E-state index < -0.39 is 8.07 Å². The van der Waals surface area contributed by atoms with Gasteiger partial charge in [0, 0.05) is 55.8 Å². The van der Waals surface area contributed by atoms with Gasteiger partial charge >= 0.3 is 0 Å². The predicted octanol–water partition coefficient (Wildman–Crippen LogP) is 12.0. The number of allylic oxidation sites excluding steroid dienone is 2. The van der Waals surface area contributed by atoms with Crippen molar-refractivity contribution in [1.82, 2.24) is 9.13 Å². The van der Waals surface area contributed by atoms with Gasteiger partial charge in [0.25, 0.3) is 0 Å². The molecule has 2 aromatic heterocycles. The summed E-state index contributed by atoms with van der Waals surface area (Å²) in [5.41, 5.74) is 11.1. The highest BCUT2D eigenvalue weighted by atomic mass is 28.3. The second-order valence-corrected chi connectivity index (χ2v) is 21.0. The van der Waals surface area contributed by atoms with Crippen molar-refractivity contribution < 1.29 is 0 Å². The molecule has 2 aliphatic rings. The van der Waals surface area contributed by atoms with Crippen LogP contribution in [0.1, 0.15) is 11.5 Å². The van der Waals surface area contributed by atoms with E-state index in [0.717, 1.165) is 0 Å². The quantitative estimate of drug-likeness (QED) is 0.115. The lowest BCUT2D eigenvalue weighted by molar-refractivity contribution is 0.746. The lowest BCUT2D eigenvalue weighted by Crippen LogP contribution is -2.74. The highest BCUT2D eigenvalue weighted by Gasteiger charge is 2.44. The van der Waals surface area contributed by atoms with Crippen LogP contribution in [-0.4, -0.2) is 23.2 Å². The van der Waals surface area contributed by atoms with Gasteiger partial charge in [-0.3, -0.25) is 0 Å². The Labute approximate surface area is 373 Å². The van der Waals surface area contributed by atoms with Crippen molar-refractivity contribution in [2.24, 2.45) is 0 Å². The first-order valence-corrected chi connectivity index (χ1v) is 24.4. The molecule has 0 bridgehead atoms. The third-order valence-corrected chi connectivity index (χ3v) is 18.7. The fraction of sp³-hybridized carbons (Fsp3) is 0.0333. The van der Waals surface area contributed by atoms with Crippen LogP contribution >= 0.6 is 0 Å². The molecule has 9 aromatic carbocycles. The van der Waals surface area contributed by atoms with E-state index >= 15 is 0 Å². The zero-order valence-corrected chi connectivity index (χ0v) is 36.2. The average Bonchev–Trinajstić information content (AvgIpc) is 4.01. The smallest absolute Gasteiger partial charge is 0.179 e. The Morgan fingerprint density at radius 1 is 0.344 bits per heavy atom. The van der Waals surface area contributed by atoms with E-state index in [4.69, 9.17) is 0 Å². The predicted molar refractivity (Wildman–Crippen MR) is 272 cm³/mol. The Kier molecular flexibility index (Phi) is 8.37. The second kappa shape index (κ2) is 14.6. The van der Waals surface area contributed by atoms with Gasteiger partial charge in [0.1, 0.15) is 0 Å². The lowest BCUT2D eigenvalue weighted by Gasteiger charge is -2.36. The van der Waals surface area contributed by atoms with E-state index in [1.807, 2.05) is 0 Å². The number of anilines is 2. The van der Waals surface area contributed by atoms with Gasteiger partial charge in [-0.25, -0.2) is 0 Å². The summed E-state index contributed by atoms with van der Waals surface area (Å²) < 4.78 is 4.92. The topological polar surface area (TPSA) is 13.1 Å². The maximum atomic E-state index is 2.63. The van der Waals surface area contributed by atoms with E-state index in [2.05, 4.69) is 263 Å². The molecule has 64 heavy (non-hydrogen) atoms. The molecule has 4 heteroatoms. The van der Waals surface area contributed by atoms with Crippen LogP contribution in [-0.2, 0) is 0 Å². The highest BCUT2D eigenvalue weighted by molar-refractivity contribution is 7.20. The van der Waals surface area contributed by atoms with E-state index in [1.165, 1.54) is 92.7 Å². The SMILES string of the molecule is C1=CC2c3c(ccc4c5ccccc5n(-c5ccccc5)c34)N(c3cccc([Si](c4ccccc4)(c4ccccc4)c4ccc5c(c4)c4ccccc4n5-c4ccccc4)c3)C2C=C1. The largest absolute Gasteiger partial charge is 0.333 e. The fourth-order valence-electron chi connectivity index (χ4n) is 11.4. The maximum absolute atomic E-state index is 2.98. The number of benzene rings is 9. The molecular formula is C60H43N3Si. The number of aromatic nitrogens is 2.